The first-order chi connectivity index (χ1) is 14.4. The van der Waals surface area contributed by atoms with Gasteiger partial charge in [-0.2, -0.15) is 5.26 Å². The highest BCUT2D eigenvalue weighted by atomic mass is 32.1. The van der Waals surface area contributed by atoms with Gasteiger partial charge in [-0.1, -0.05) is 18.2 Å². The van der Waals surface area contributed by atoms with Crippen molar-refractivity contribution in [3.63, 3.8) is 0 Å². The predicted molar refractivity (Wildman–Crippen MR) is 116 cm³/mol. The van der Waals surface area contributed by atoms with E-state index in [4.69, 9.17) is 10.00 Å². The lowest BCUT2D eigenvalue weighted by molar-refractivity contribution is 0.0527. The fourth-order valence-corrected chi connectivity index (χ4v) is 4.47. The van der Waals surface area contributed by atoms with Crippen LogP contribution in [-0.4, -0.2) is 24.4 Å². The lowest BCUT2D eigenvalue weighted by atomic mass is 10.1. The Hall–Kier alpha value is -3.48. The van der Waals surface area contributed by atoms with Crippen LogP contribution in [-0.2, 0) is 4.74 Å². The summed E-state index contributed by atoms with van der Waals surface area (Å²) >= 11 is 2.12. The Morgan fingerprint density at radius 3 is 2.50 bits per heavy atom. The summed E-state index contributed by atoms with van der Waals surface area (Å²) in [5, 5.41) is 16.2. The second-order valence-corrected chi connectivity index (χ2v) is 8.00. The molecule has 0 saturated carbocycles. The molecule has 0 fully saturated rings. The quantitative estimate of drug-likeness (QED) is 0.543. The van der Waals surface area contributed by atoms with E-state index in [0.29, 0.717) is 26.6 Å². The Kier molecular flexibility index (Phi) is 6.61. The number of hydrogen-bond acceptors (Lipinski definition) is 7. The normalized spacial score (nSPS) is 10.2. The fraction of sp³-hybridized carbons (Fsp3) is 0.143. The van der Waals surface area contributed by atoms with Crippen molar-refractivity contribution in [2.24, 2.45) is 0 Å². The summed E-state index contributed by atoms with van der Waals surface area (Å²) in [5.74, 6) is -1.48. The smallest absolute Gasteiger partial charge is 0.341 e. The third-order valence-electron chi connectivity index (χ3n) is 4.04. The van der Waals surface area contributed by atoms with Crippen molar-refractivity contribution in [1.29, 1.82) is 5.26 Å². The van der Waals surface area contributed by atoms with Crippen LogP contribution in [0.2, 0.25) is 0 Å². The molecule has 0 aliphatic heterocycles. The van der Waals surface area contributed by atoms with E-state index in [2.05, 4.69) is 10.6 Å². The maximum absolute atomic E-state index is 12.8. The van der Waals surface area contributed by atoms with E-state index < -0.39 is 17.8 Å². The zero-order chi connectivity index (χ0) is 21.7. The SMILES string of the molecule is CCOC(=O)c1c(NC(=O)c2cc(C#N)cs2)sc(C(=O)Nc2ccccc2)c1C. The van der Waals surface area contributed by atoms with Gasteiger partial charge in [0.05, 0.1) is 27.5 Å². The van der Waals surface area contributed by atoms with Gasteiger partial charge in [-0.15, -0.1) is 22.7 Å². The van der Waals surface area contributed by atoms with Gasteiger partial charge in [0, 0.05) is 11.1 Å². The Bertz CT molecular complexity index is 1140. The lowest BCUT2D eigenvalue weighted by Crippen LogP contribution is -2.14. The second-order valence-electron chi connectivity index (χ2n) is 6.07. The number of hydrogen-bond donors (Lipinski definition) is 2. The van der Waals surface area contributed by atoms with Crippen molar-refractivity contribution in [2.45, 2.75) is 13.8 Å². The number of benzene rings is 1. The maximum Gasteiger partial charge on any atom is 0.341 e. The number of esters is 1. The van der Waals surface area contributed by atoms with E-state index in [-0.39, 0.29) is 17.2 Å². The third-order valence-corrected chi connectivity index (χ3v) is 6.18. The maximum atomic E-state index is 12.8. The van der Waals surface area contributed by atoms with Gasteiger partial charge < -0.3 is 15.4 Å². The highest BCUT2D eigenvalue weighted by Gasteiger charge is 2.27. The Balaban J connectivity index is 1.93. The molecule has 30 heavy (non-hydrogen) atoms. The van der Waals surface area contributed by atoms with Crippen LogP contribution in [0.4, 0.5) is 10.7 Å². The molecule has 2 N–H and O–H groups in total. The molecule has 0 radical (unpaired) electrons. The molecule has 0 spiro atoms. The van der Waals surface area contributed by atoms with Crippen molar-refractivity contribution >= 4 is 51.1 Å². The van der Waals surface area contributed by atoms with Crippen LogP contribution in [0.1, 0.15) is 47.8 Å². The Morgan fingerprint density at radius 2 is 1.87 bits per heavy atom. The first-order valence-electron chi connectivity index (χ1n) is 8.91. The highest BCUT2D eigenvalue weighted by Crippen LogP contribution is 2.35. The number of anilines is 2. The molecule has 3 rings (SSSR count). The van der Waals surface area contributed by atoms with Crippen molar-refractivity contribution in [1.82, 2.24) is 0 Å². The minimum atomic E-state index is -0.621. The number of nitrogens with one attached hydrogen (secondary N) is 2. The van der Waals surface area contributed by atoms with Gasteiger partial charge in [0.15, 0.2) is 0 Å². The van der Waals surface area contributed by atoms with Crippen molar-refractivity contribution in [2.75, 3.05) is 17.2 Å². The van der Waals surface area contributed by atoms with Crippen LogP contribution in [0, 0.1) is 18.3 Å². The average molecular weight is 440 g/mol. The number of carbonyl (C=O) groups excluding carboxylic acids is 3. The summed E-state index contributed by atoms with van der Waals surface area (Å²) in [6.45, 7) is 3.47. The largest absolute Gasteiger partial charge is 0.462 e. The number of nitriles is 1. The molecule has 0 bridgehead atoms. The lowest BCUT2D eigenvalue weighted by Gasteiger charge is -2.06. The molecule has 0 saturated heterocycles. The molecule has 2 aromatic heterocycles. The number of thiophene rings is 2. The number of nitrogens with zero attached hydrogens (tertiary/aromatic N) is 1. The minimum absolute atomic E-state index is 0.144. The molecule has 2 heterocycles. The summed E-state index contributed by atoms with van der Waals surface area (Å²) in [6, 6.07) is 12.4. The summed E-state index contributed by atoms with van der Waals surface area (Å²) in [6.07, 6.45) is 0. The second kappa shape index (κ2) is 9.35. The standard InChI is InChI=1S/C21H17N3O4S2/c1-3-28-21(27)16-12(2)17(19(26)23-14-7-5-4-6-8-14)30-20(16)24-18(25)15-9-13(10-22)11-29-15/h4-9,11H,3H2,1-2H3,(H,23,26)(H,24,25). The van der Waals surface area contributed by atoms with E-state index in [1.165, 1.54) is 6.07 Å². The predicted octanol–water partition coefficient (Wildman–Crippen LogP) is 4.67. The topological polar surface area (TPSA) is 108 Å². The molecule has 7 nitrogen and oxygen atoms in total. The fourth-order valence-electron chi connectivity index (χ4n) is 2.66. The summed E-state index contributed by atoms with van der Waals surface area (Å²) < 4.78 is 5.11. The first-order valence-corrected chi connectivity index (χ1v) is 10.6. The minimum Gasteiger partial charge on any atom is -0.462 e. The van der Waals surface area contributed by atoms with Crippen molar-refractivity contribution in [3.8, 4) is 6.07 Å². The molecule has 0 atom stereocenters. The molecule has 2 amide bonds. The molecule has 0 aliphatic rings. The summed E-state index contributed by atoms with van der Waals surface area (Å²) in [4.78, 5) is 38.5. The van der Waals surface area contributed by atoms with Crippen LogP contribution in [0.5, 0.6) is 0 Å². The molecular formula is C21H17N3O4S2. The van der Waals surface area contributed by atoms with Gasteiger partial charge in [-0.25, -0.2) is 4.79 Å². The summed E-state index contributed by atoms with van der Waals surface area (Å²) in [7, 11) is 0. The van der Waals surface area contributed by atoms with Gasteiger partial charge in [0.2, 0.25) is 0 Å². The zero-order valence-corrected chi connectivity index (χ0v) is 17.8. The average Bonchev–Trinajstić information content (AvgIpc) is 3.33. The number of ether oxygens (including phenoxy) is 1. The van der Waals surface area contributed by atoms with Gasteiger partial charge in [-0.3, -0.25) is 9.59 Å². The molecule has 152 valence electrons. The Morgan fingerprint density at radius 1 is 1.13 bits per heavy atom. The van der Waals surface area contributed by atoms with E-state index in [1.54, 1.807) is 43.5 Å². The highest BCUT2D eigenvalue weighted by molar-refractivity contribution is 7.19. The zero-order valence-electron chi connectivity index (χ0n) is 16.1. The number of para-hydroxylation sites is 1. The van der Waals surface area contributed by atoms with E-state index in [9.17, 15) is 14.4 Å². The monoisotopic (exact) mass is 439 g/mol. The van der Waals surface area contributed by atoms with Gasteiger partial charge in [0.1, 0.15) is 11.1 Å². The number of rotatable bonds is 6. The molecule has 0 unspecified atom stereocenters. The molecule has 0 aliphatic carbocycles. The molecular weight excluding hydrogens is 422 g/mol. The van der Waals surface area contributed by atoms with Crippen LogP contribution in [0.15, 0.2) is 41.8 Å². The number of carbonyl (C=O) groups is 3. The third kappa shape index (κ3) is 4.56. The molecule has 1 aromatic carbocycles. The first kappa shape index (κ1) is 21.2. The van der Waals surface area contributed by atoms with Gasteiger partial charge in [0.25, 0.3) is 11.8 Å². The van der Waals surface area contributed by atoms with Crippen LogP contribution in [0.25, 0.3) is 0 Å². The van der Waals surface area contributed by atoms with E-state index >= 15 is 0 Å². The van der Waals surface area contributed by atoms with E-state index in [1.807, 2.05) is 12.1 Å². The van der Waals surface area contributed by atoms with E-state index in [0.717, 1.165) is 22.7 Å². The molecule has 9 heteroatoms. The van der Waals surface area contributed by atoms with Crippen molar-refractivity contribution < 1.29 is 19.1 Å². The van der Waals surface area contributed by atoms with Crippen LogP contribution >= 0.6 is 22.7 Å². The van der Waals surface area contributed by atoms with Gasteiger partial charge in [-0.05, 0) is 37.6 Å². The van der Waals surface area contributed by atoms with Crippen molar-refractivity contribution in [3.05, 3.63) is 68.2 Å². The van der Waals surface area contributed by atoms with Gasteiger partial charge >= 0.3 is 5.97 Å². The summed E-state index contributed by atoms with van der Waals surface area (Å²) in [5.41, 5.74) is 1.55. The van der Waals surface area contributed by atoms with Crippen LogP contribution < -0.4 is 10.6 Å². The number of amides is 2. The van der Waals surface area contributed by atoms with Crippen LogP contribution in [0.3, 0.4) is 0 Å². The molecule has 3 aromatic rings. The Labute approximate surface area is 180 Å².